The van der Waals surface area contributed by atoms with E-state index in [1.165, 1.54) is 12.1 Å². The van der Waals surface area contributed by atoms with Crippen LogP contribution < -0.4 is 5.73 Å². The van der Waals surface area contributed by atoms with Crippen molar-refractivity contribution >= 4 is 0 Å². The Morgan fingerprint density at radius 1 is 1.42 bits per heavy atom. The summed E-state index contributed by atoms with van der Waals surface area (Å²) in [4.78, 5) is 2.43. The van der Waals surface area contributed by atoms with Gasteiger partial charge >= 0.3 is 0 Å². The highest BCUT2D eigenvalue weighted by Gasteiger charge is 2.23. The van der Waals surface area contributed by atoms with Gasteiger partial charge in [-0.15, -0.1) is 0 Å². The van der Waals surface area contributed by atoms with Crippen molar-refractivity contribution in [3.63, 3.8) is 0 Å². The van der Waals surface area contributed by atoms with E-state index < -0.39 is 0 Å². The monoisotopic (exact) mass is 264 g/mol. The fourth-order valence-electron chi connectivity index (χ4n) is 2.87. The van der Waals surface area contributed by atoms with E-state index in [9.17, 15) is 0 Å². The molecule has 0 radical (unpaired) electrons. The third kappa shape index (κ3) is 3.57. The Morgan fingerprint density at radius 2 is 2.16 bits per heavy atom. The van der Waals surface area contributed by atoms with Crippen LogP contribution in [0.25, 0.3) is 0 Å². The van der Waals surface area contributed by atoms with Gasteiger partial charge in [0.15, 0.2) is 0 Å². The molecule has 2 rings (SSSR count). The predicted octanol–water partition coefficient (Wildman–Crippen LogP) is 2.41. The molecule has 1 aliphatic heterocycles. The lowest BCUT2D eigenvalue weighted by Crippen LogP contribution is -2.47. The summed E-state index contributed by atoms with van der Waals surface area (Å²) in [6.07, 6.45) is 5.61. The molecular weight excluding hydrogens is 236 g/mol. The molecule has 0 bridgehead atoms. The average molecular weight is 264 g/mol. The molecule has 0 aliphatic carbocycles. The first-order valence-corrected chi connectivity index (χ1v) is 7.66. The maximum Gasteiger partial charge on any atom is 0.0764 e. The number of nitrogens with two attached hydrogens (primary N) is 1. The number of likely N-dealkylation sites (tertiary alicyclic amines) is 1. The van der Waals surface area contributed by atoms with Crippen molar-refractivity contribution in [1.82, 2.24) is 14.7 Å². The molecule has 1 aliphatic rings. The molecule has 108 valence electrons. The Balaban J connectivity index is 1.93. The van der Waals surface area contributed by atoms with Crippen molar-refractivity contribution in [3.05, 3.63) is 18.0 Å². The van der Waals surface area contributed by atoms with Gasteiger partial charge in [0, 0.05) is 25.3 Å². The van der Waals surface area contributed by atoms with Gasteiger partial charge in [0.2, 0.25) is 0 Å². The quantitative estimate of drug-likeness (QED) is 0.888. The molecule has 1 saturated heterocycles. The Kier molecular flexibility index (Phi) is 4.99. The topological polar surface area (TPSA) is 47.1 Å². The van der Waals surface area contributed by atoms with Gasteiger partial charge in [0.25, 0.3) is 0 Å². The highest BCUT2D eigenvalue weighted by molar-refractivity contribution is 5.00. The molecule has 4 heteroatoms. The molecule has 0 amide bonds. The molecule has 0 saturated carbocycles. The molecule has 1 aromatic heterocycles. The molecule has 4 nitrogen and oxygen atoms in total. The number of hydrogen-bond donors (Lipinski definition) is 1. The molecular formula is C15H28N4. The van der Waals surface area contributed by atoms with Crippen molar-refractivity contribution in [2.24, 2.45) is 11.7 Å². The summed E-state index contributed by atoms with van der Waals surface area (Å²) < 4.78 is 2.13. The second-order valence-electron chi connectivity index (χ2n) is 5.92. The number of rotatable bonds is 5. The van der Waals surface area contributed by atoms with E-state index in [0.717, 1.165) is 32.5 Å². The fourth-order valence-corrected chi connectivity index (χ4v) is 2.87. The predicted molar refractivity (Wildman–Crippen MR) is 78.9 cm³/mol. The van der Waals surface area contributed by atoms with Crippen LogP contribution in [0.2, 0.25) is 0 Å². The average Bonchev–Trinajstić information content (AvgIpc) is 2.84. The summed E-state index contributed by atoms with van der Waals surface area (Å²) in [6.45, 7) is 9.78. The third-order valence-electron chi connectivity index (χ3n) is 4.47. The zero-order valence-corrected chi connectivity index (χ0v) is 12.5. The van der Waals surface area contributed by atoms with Gasteiger partial charge in [0.1, 0.15) is 0 Å². The van der Waals surface area contributed by atoms with Gasteiger partial charge in [-0.3, -0.25) is 9.58 Å². The lowest BCUT2D eigenvalue weighted by Gasteiger charge is -2.34. The summed E-state index contributed by atoms with van der Waals surface area (Å²) in [5, 5.41) is 4.72. The Labute approximate surface area is 117 Å². The van der Waals surface area contributed by atoms with Crippen molar-refractivity contribution in [2.45, 2.75) is 58.7 Å². The van der Waals surface area contributed by atoms with Crippen LogP contribution in [0.4, 0.5) is 0 Å². The smallest absolute Gasteiger partial charge is 0.0764 e. The Bertz CT molecular complexity index is 383. The fraction of sp³-hybridized carbons (Fsp3) is 0.800. The van der Waals surface area contributed by atoms with Crippen LogP contribution in [0.1, 0.15) is 51.8 Å². The van der Waals surface area contributed by atoms with Crippen LogP contribution in [0, 0.1) is 5.92 Å². The standard InChI is InChI=1S/C15H28N4/c1-4-14(5-2)19-9-7-13(17-19)10-18-8-6-12(3)15(16)11-18/h7,9,12,14-15H,4-6,8,10-11,16H2,1-3H3. The Morgan fingerprint density at radius 3 is 2.79 bits per heavy atom. The van der Waals surface area contributed by atoms with E-state index >= 15 is 0 Å². The number of piperidine rings is 1. The highest BCUT2D eigenvalue weighted by Crippen LogP contribution is 2.18. The molecule has 0 aromatic carbocycles. The summed E-state index contributed by atoms with van der Waals surface area (Å²) >= 11 is 0. The number of aromatic nitrogens is 2. The Hall–Kier alpha value is -0.870. The van der Waals surface area contributed by atoms with Crippen LogP contribution in [0.15, 0.2) is 12.3 Å². The lowest BCUT2D eigenvalue weighted by molar-refractivity contribution is 0.160. The van der Waals surface area contributed by atoms with Gasteiger partial charge in [-0.2, -0.15) is 5.10 Å². The third-order valence-corrected chi connectivity index (χ3v) is 4.47. The van der Waals surface area contributed by atoms with Crippen LogP contribution in [0.3, 0.4) is 0 Å². The van der Waals surface area contributed by atoms with E-state index in [2.05, 4.69) is 42.6 Å². The molecule has 2 unspecified atom stereocenters. The summed E-state index contributed by atoms with van der Waals surface area (Å²) in [5.74, 6) is 0.651. The van der Waals surface area contributed by atoms with E-state index in [1.54, 1.807) is 0 Å². The van der Waals surface area contributed by atoms with Gasteiger partial charge in [0.05, 0.1) is 11.7 Å². The second kappa shape index (κ2) is 6.53. The highest BCUT2D eigenvalue weighted by atomic mass is 15.3. The van der Waals surface area contributed by atoms with Crippen LogP contribution in [-0.2, 0) is 6.54 Å². The molecule has 19 heavy (non-hydrogen) atoms. The lowest BCUT2D eigenvalue weighted by atomic mass is 9.94. The minimum Gasteiger partial charge on any atom is -0.326 e. The first-order valence-electron chi connectivity index (χ1n) is 7.66. The number of nitrogens with zero attached hydrogens (tertiary/aromatic N) is 3. The first-order chi connectivity index (χ1) is 9.13. The van der Waals surface area contributed by atoms with E-state index in [0.29, 0.717) is 18.0 Å². The molecule has 1 aromatic rings. The van der Waals surface area contributed by atoms with Gasteiger partial charge in [-0.05, 0) is 37.8 Å². The minimum absolute atomic E-state index is 0.315. The van der Waals surface area contributed by atoms with Crippen molar-refractivity contribution in [2.75, 3.05) is 13.1 Å². The molecule has 0 spiro atoms. The van der Waals surface area contributed by atoms with E-state index in [-0.39, 0.29) is 0 Å². The SMILES string of the molecule is CCC(CC)n1ccc(CN2CCC(C)C(N)C2)n1. The molecule has 2 heterocycles. The van der Waals surface area contributed by atoms with Crippen LogP contribution >= 0.6 is 0 Å². The summed E-state index contributed by atoms with van der Waals surface area (Å²) in [7, 11) is 0. The van der Waals surface area contributed by atoms with Gasteiger partial charge in [-0.1, -0.05) is 20.8 Å². The largest absolute Gasteiger partial charge is 0.326 e. The number of hydrogen-bond acceptors (Lipinski definition) is 3. The van der Waals surface area contributed by atoms with Crippen molar-refractivity contribution in [3.8, 4) is 0 Å². The molecule has 1 fully saturated rings. The van der Waals surface area contributed by atoms with Crippen LogP contribution in [-0.4, -0.2) is 33.8 Å². The minimum atomic E-state index is 0.315. The van der Waals surface area contributed by atoms with Gasteiger partial charge < -0.3 is 5.73 Å². The van der Waals surface area contributed by atoms with E-state index in [1.807, 2.05) is 0 Å². The van der Waals surface area contributed by atoms with Crippen molar-refractivity contribution in [1.29, 1.82) is 0 Å². The molecule has 2 N–H and O–H groups in total. The maximum absolute atomic E-state index is 6.15. The zero-order chi connectivity index (χ0) is 13.8. The summed E-state index contributed by atoms with van der Waals surface area (Å²) in [6, 6.07) is 3.01. The van der Waals surface area contributed by atoms with E-state index in [4.69, 9.17) is 10.8 Å². The van der Waals surface area contributed by atoms with Crippen LogP contribution in [0.5, 0.6) is 0 Å². The van der Waals surface area contributed by atoms with Crippen molar-refractivity contribution < 1.29 is 0 Å². The zero-order valence-electron chi connectivity index (χ0n) is 12.5. The second-order valence-corrected chi connectivity index (χ2v) is 5.92. The first kappa shape index (κ1) is 14.5. The normalized spacial score (nSPS) is 25.1. The molecule has 2 atom stereocenters. The summed E-state index contributed by atoms with van der Waals surface area (Å²) in [5.41, 5.74) is 7.33. The van der Waals surface area contributed by atoms with Gasteiger partial charge in [-0.25, -0.2) is 0 Å². The maximum atomic E-state index is 6.15.